The molecule has 1 heterocycles. The fourth-order valence-electron chi connectivity index (χ4n) is 3.91. The molecule has 33 heavy (non-hydrogen) atoms. The van der Waals surface area contributed by atoms with Gasteiger partial charge in [0.2, 0.25) is 0 Å². The van der Waals surface area contributed by atoms with Crippen molar-refractivity contribution in [3.63, 3.8) is 0 Å². The van der Waals surface area contributed by atoms with E-state index < -0.39 is 5.60 Å². The van der Waals surface area contributed by atoms with Gasteiger partial charge in [-0.2, -0.15) is 0 Å². The van der Waals surface area contributed by atoms with Gasteiger partial charge >= 0.3 is 6.09 Å². The predicted octanol–water partition coefficient (Wildman–Crippen LogP) is 7.70. The monoisotopic (exact) mass is 491 g/mol. The average molecular weight is 492 g/mol. The molecular weight excluding hydrogens is 457 g/mol. The number of benzene rings is 2. The molecule has 3 rings (SSSR count). The van der Waals surface area contributed by atoms with Gasteiger partial charge in [0.15, 0.2) is 0 Å². The first-order valence-corrected chi connectivity index (χ1v) is 13.1. The molecule has 0 bridgehead atoms. The smallest absolute Gasteiger partial charge is 0.410 e. The third-order valence-electron chi connectivity index (χ3n) is 5.74. The normalized spacial score (nSPS) is 14.2. The second-order valence-corrected chi connectivity index (χ2v) is 11.5. The zero-order chi connectivity index (χ0) is 24.2. The minimum atomic E-state index is -0.514. The molecule has 6 heteroatoms. The minimum absolute atomic E-state index is 0.125. The van der Waals surface area contributed by atoms with Crippen LogP contribution in [0.5, 0.6) is 0 Å². The maximum absolute atomic E-state index is 14.6. The van der Waals surface area contributed by atoms with Crippen molar-refractivity contribution in [3.8, 4) is 0 Å². The van der Waals surface area contributed by atoms with Crippen LogP contribution in [-0.4, -0.2) is 29.7 Å². The van der Waals surface area contributed by atoms with Gasteiger partial charge in [-0.3, -0.25) is 0 Å². The minimum Gasteiger partial charge on any atom is -0.444 e. The first-order valence-electron chi connectivity index (χ1n) is 11.7. The molecule has 1 aliphatic rings. The highest BCUT2D eigenvalue weighted by atomic mass is 35.5. The molecule has 0 atom stereocenters. The van der Waals surface area contributed by atoms with E-state index in [0.717, 1.165) is 41.7 Å². The second kappa shape index (κ2) is 11.1. The molecule has 0 radical (unpaired) electrons. The number of carbonyl (C=O) groups is 1. The van der Waals surface area contributed by atoms with Gasteiger partial charge < -0.3 is 9.64 Å². The number of halogens is 2. The predicted molar refractivity (Wildman–Crippen MR) is 136 cm³/mol. The number of hydrogen-bond acceptors (Lipinski definition) is 3. The molecule has 2 aromatic carbocycles. The Hall–Kier alpha value is -1.72. The Balaban J connectivity index is 1.70. The van der Waals surface area contributed by atoms with Crippen molar-refractivity contribution >= 4 is 29.5 Å². The fourth-order valence-corrected chi connectivity index (χ4v) is 5.36. The quantitative estimate of drug-likeness (QED) is 0.388. The average Bonchev–Trinajstić information content (AvgIpc) is 2.94. The number of thioether (sulfide) groups is 1. The summed E-state index contributed by atoms with van der Waals surface area (Å²) in [6, 6.07) is 9.58. The maximum Gasteiger partial charge on any atom is 0.410 e. The fraction of sp³-hybridized carbons (Fsp3) is 0.519. The standard InChI is InChI=1S/C27H35ClFNO2S/c1-18(2)6-8-21-9-7-19(16-24(21)29)17-33-25-22-13-15-30(26(31)32-27(3,4)5)14-12-20(22)10-11-23(25)28/h7,9-11,16,18H,6,8,12-15,17H2,1-5H3. The molecule has 0 saturated heterocycles. The summed E-state index contributed by atoms with van der Waals surface area (Å²) in [7, 11) is 0. The zero-order valence-electron chi connectivity index (χ0n) is 20.3. The van der Waals surface area contributed by atoms with Crippen LogP contribution in [0.4, 0.5) is 9.18 Å². The van der Waals surface area contributed by atoms with Crippen LogP contribution in [-0.2, 0) is 29.8 Å². The lowest BCUT2D eigenvalue weighted by atomic mass is 10.0. The third kappa shape index (κ3) is 7.38. The van der Waals surface area contributed by atoms with Crippen LogP contribution in [0.2, 0.25) is 5.02 Å². The SMILES string of the molecule is CC(C)CCc1ccc(CSc2c(Cl)ccc3c2CCN(C(=O)OC(C)(C)C)CC3)cc1F. The Morgan fingerprint density at radius 1 is 1.18 bits per heavy atom. The Morgan fingerprint density at radius 3 is 2.58 bits per heavy atom. The van der Waals surface area contributed by atoms with Gasteiger partial charge in [0.05, 0.1) is 5.02 Å². The molecule has 0 spiro atoms. The molecule has 1 amide bonds. The van der Waals surface area contributed by atoms with Gasteiger partial charge in [-0.15, -0.1) is 11.8 Å². The van der Waals surface area contributed by atoms with Crippen LogP contribution >= 0.6 is 23.4 Å². The second-order valence-electron chi connectivity index (χ2n) is 10.1. The van der Waals surface area contributed by atoms with Gasteiger partial charge in [0, 0.05) is 23.7 Å². The number of nitrogens with zero attached hydrogens (tertiary/aromatic N) is 1. The first-order chi connectivity index (χ1) is 15.5. The summed E-state index contributed by atoms with van der Waals surface area (Å²) >= 11 is 8.24. The summed E-state index contributed by atoms with van der Waals surface area (Å²) in [6.07, 6.45) is 2.96. The number of aryl methyl sites for hydroxylation is 1. The highest BCUT2D eigenvalue weighted by Gasteiger charge is 2.25. The van der Waals surface area contributed by atoms with Gasteiger partial charge in [-0.05, 0) is 86.8 Å². The van der Waals surface area contributed by atoms with E-state index in [0.29, 0.717) is 29.8 Å². The van der Waals surface area contributed by atoms with E-state index in [-0.39, 0.29) is 11.9 Å². The van der Waals surface area contributed by atoms with Crippen LogP contribution in [0.25, 0.3) is 0 Å². The van der Waals surface area contributed by atoms with Crippen molar-refractivity contribution in [2.75, 3.05) is 13.1 Å². The van der Waals surface area contributed by atoms with Crippen molar-refractivity contribution in [2.24, 2.45) is 5.92 Å². The molecule has 0 aliphatic carbocycles. The van der Waals surface area contributed by atoms with Gasteiger partial charge in [0.1, 0.15) is 11.4 Å². The summed E-state index contributed by atoms with van der Waals surface area (Å²) in [6.45, 7) is 11.2. The van der Waals surface area contributed by atoms with Gasteiger partial charge in [-0.25, -0.2) is 9.18 Å². The van der Waals surface area contributed by atoms with E-state index in [2.05, 4.69) is 19.9 Å². The van der Waals surface area contributed by atoms with Gasteiger partial charge in [0.25, 0.3) is 0 Å². The number of amides is 1. The molecule has 1 aliphatic heterocycles. The Labute approximate surface area is 207 Å². The zero-order valence-corrected chi connectivity index (χ0v) is 21.9. The van der Waals surface area contributed by atoms with Crippen LogP contribution in [0.15, 0.2) is 35.2 Å². The number of hydrogen-bond donors (Lipinski definition) is 0. The topological polar surface area (TPSA) is 29.5 Å². The maximum atomic E-state index is 14.6. The molecule has 0 aromatic heterocycles. The van der Waals surface area contributed by atoms with E-state index in [1.54, 1.807) is 22.7 Å². The van der Waals surface area contributed by atoms with Crippen molar-refractivity contribution in [1.29, 1.82) is 0 Å². The van der Waals surface area contributed by atoms with Crippen LogP contribution < -0.4 is 0 Å². The first kappa shape index (κ1) is 25.9. The lowest BCUT2D eigenvalue weighted by Gasteiger charge is -2.26. The van der Waals surface area contributed by atoms with Crippen LogP contribution in [0, 0.1) is 11.7 Å². The molecule has 0 N–H and O–H groups in total. The largest absolute Gasteiger partial charge is 0.444 e. The lowest BCUT2D eigenvalue weighted by molar-refractivity contribution is 0.0258. The molecule has 0 fully saturated rings. The molecule has 180 valence electrons. The van der Waals surface area contributed by atoms with E-state index >= 15 is 0 Å². The number of carbonyl (C=O) groups excluding carboxylic acids is 1. The highest BCUT2D eigenvalue weighted by molar-refractivity contribution is 7.98. The summed E-state index contributed by atoms with van der Waals surface area (Å²) < 4.78 is 20.1. The van der Waals surface area contributed by atoms with E-state index in [1.807, 2.05) is 39.0 Å². The number of fused-ring (bicyclic) bond motifs is 1. The van der Waals surface area contributed by atoms with Crippen molar-refractivity contribution in [1.82, 2.24) is 4.90 Å². The van der Waals surface area contributed by atoms with Crippen molar-refractivity contribution in [3.05, 3.63) is 63.4 Å². The van der Waals surface area contributed by atoms with Crippen LogP contribution in [0.1, 0.15) is 63.3 Å². The highest BCUT2D eigenvalue weighted by Crippen LogP contribution is 2.37. The van der Waals surface area contributed by atoms with E-state index in [9.17, 15) is 9.18 Å². The molecule has 3 nitrogen and oxygen atoms in total. The molecule has 0 saturated carbocycles. The van der Waals surface area contributed by atoms with E-state index in [4.69, 9.17) is 16.3 Å². The summed E-state index contributed by atoms with van der Waals surface area (Å²) in [5, 5.41) is 0.707. The Bertz CT molecular complexity index is 987. The van der Waals surface area contributed by atoms with Crippen molar-refractivity contribution in [2.45, 2.75) is 76.6 Å². The van der Waals surface area contributed by atoms with E-state index in [1.165, 1.54) is 11.1 Å². The van der Waals surface area contributed by atoms with Crippen molar-refractivity contribution < 1.29 is 13.9 Å². The molecule has 0 unspecified atom stereocenters. The lowest BCUT2D eigenvalue weighted by Crippen LogP contribution is -2.38. The number of rotatable bonds is 6. The van der Waals surface area contributed by atoms with Gasteiger partial charge in [-0.1, -0.05) is 43.6 Å². The van der Waals surface area contributed by atoms with Crippen LogP contribution in [0.3, 0.4) is 0 Å². The number of ether oxygens (including phenoxy) is 1. The third-order valence-corrected chi connectivity index (χ3v) is 7.40. The summed E-state index contributed by atoms with van der Waals surface area (Å²) in [5.74, 6) is 1.08. The molecular formula is C27H35ClFNO2S. The Morgan fingerprint density at radius 2 is 1.91 bits per heavy atom. The molecule has 2 aromatic rings. The summed E-state index contributed by atoms with van der Waals surface area (Å²) in [5.41, 5.74) is 3.62. The summed E-state index contributed by atoms with van der Waals surface area (Å²) in [4.78, 5) is 15.4. The Kier molecular flexibility index (Phi) is 8.74.